The number of primary amides is 1. The van der Waals surface area contributed by atoms with E-state index >= 15 is 0 Å². The van der Waals surface area contributed by atoms with Gasteiger partial charge in [-0.2, -0.15) is 0 Å². The first kappa shape index (κ1) is 15.1. The van der Waals surface area contributed by atoms with E-state index in [-0.39, 0.29) is 0 Å². The van der Waals surface area contributed by atoms with E-state index in [4.69, 9.17) is 17.3 Å². The van der Waals surface area contributed by atoms with Crippen molar-refractivity contribution in [1.29, 1.82) is 0 Å². The fourth-order valence-corrected chi connectivity index (χ4v) is 2.88. The zero-order chi connectivity index (χ0) is 14.5. The Morgan fingerprint density at radius 2 is 2.15 bits per heavy atom. The average Bonchev–Trinajstić information content (AvgIpc) is 2.45. The number of nitrogens with two attached hydrogens (primary N) is 1. The van der Waals surface area contributed by atoms with Crippen LogP contribution < -0.4 is 16.0 Å². The van der Waals surface area contributed by atoms with Crippen molar-refractivity contribution >= 4 is 23.2 Å². The van der Waals surface area contributed by atoms with Crippen LogP contribution in [0.25, 0.3) is 0 Å². The Labute approximate surface area is 125 Å². The molecule has 1 saturated heterocycles. The van der Waals surface area contributed by atoms with Gasteiger partial charge in [0.2, 0.25) is 0 Å². The normalized spacial score (nSPS) is 16.4. The number of carbonyl (C=O) groups excluding carboxylic acids is 1. The molecule has 20 heavy (non-hydrogen) atoms. The Hall–Kier alpha value is -1.26. The summed E-state index contributed by atoms with van der Waals surface area (Å²) in [5.74, 6) is 0.299. The van der Waals surface area contributed by atoms with Crippen LogP contribution >= 0.6 is 11.6 Å². The first-order valence-electron chi connectivity index (χ1n) is 7.16. The number of hydrogen-bond donors (Lipinski definition) is 2. The van der Waals surface area contributed by atoms with Gasteiger partial charge in [-0.05, 0) is 50.0 Å². The number of halogens is 1. The average molecular weight is 296 g/mol. The van der Waals surface area contributed by atoms with Crippen molar-refractivity contribution in [2.24, 2.45) is 11.7 Å². The second kappa shape index (κ2) is 6.95. The monoisotopic (exact) mass is 295 g/mol. The highest BCUT2D eigenvalue weighted by Crippen LogP contribution is 2.28. The first-order valence-corrected chi connectivity index (χ1v) is 7.54. The van der Waals surface area contributed by atoms with Gasteiger partial charge >= 0.3 is 0 Å². The van der Waals surface area contributed by atoms with Gasteiger partial charge in [0.25, 0.3) is 5.91 Å². The molecule has 1 aliphatic heterocycles. The van der Waals surface area contributed by atoms with Crippen LogP contribution in [0.1, 0.15) is 30.1 Å². The van der Waals surface area contributed by atoms with Crippen LogP contribution in [0, 0.1) is 5.92 Å². The van der Waals surface area contributed by atoms with Gasteiger partial charge in [-0.3, -0.25) is 4.79 Å². The molecule has 1 amide bonds. The van der Waals surface area contributed by atoms with E-state index in [1.54, 1.807) is 6.07 Å². The molecule has 0 aromatic heterocycles. The summed E-state index contributed by atoms with van der Waals surface area (Å²) in [4.78, 5) is 13.8. The Kier molecular flexibility index (Phi) is 5.26. The molecule has 2 rings (SSSR count). The van der Waals surface area contributed by atoms with Crippen LogP contribution in [0.2, 0.25) is 5.02 Å². The zero-order valence-corrected chi connectivity index (χ0v) is 12.6. The number of piperidine rings is 1. The van der Waals surface area contributed by atoms with Crippen LogP contribution in [-0.2, 0) is 0 Å². The van der Waals surface area contributed by atoms with Crippen molar-refractivity contribution < 1.29 is 4.79 Å². The summed E-state index contributed by atoms with van der Waals surface area (Å²) in [6, 6.07) is 5.37. The summed E-state index contributed by atoms with van der Waals surface area (Å²) in [7, 11) is 0. The molecule has 0 bridgehead atoms. The van der Waals surface area contributed by atoms with Crippen molar-refractivity contribution in [2.75, 3.05) is 31.1 Å². The molecule has 1 aromatic rings. The van der Waals surface area contributed by atoms with Gasteiger partial charge in [0.05, 0.1) is 5.56 Å². The zero-order valence-electron chi connectivity index (χ0n) is 11.9. The van der Waals surface area contributed by atoms with Gasteiger partial charge in [-0.15, -0.1) is 0 Å². The summed E-state index contributed by atoms with van der Waals surface area (Å²) < 4.78 is 0. The third kappa shape index (κ3) is 3.64. The molecule has 1 heterocycles. The molecular weight excluding hydrogens is 274 g/mol. The van der Waals surface area contributed by atoms with Gasteiger partial charge in [0.1, 0.15) is 0 Å². The van der Waals surface area contributed by atoms with Gasteiger partial charge in [0, 0.05) is 23.8 Å². The van der Waals surface area contributed by atoms with Crippen molar-refractivity contribution in [3.8, 4) is 0 Å². The van der Waals surface area contributed by atoms with E-state index < -0.39 is 5.91 Å². The molecule has 1 aliphatic rings. The highest BCUT2D eigenvalue weighted by atomic mass is 35.5. The minimum atomic E-state index is -0.419. The van der Waals surface area contributed by atoms with Crippen LogP contribution in [0.15, 0.2) is 18.2 Å². The predicted molar refractivity (Wildman–Crippen MR) is 83.5 cm³/mol. The topological polar surface area (TPSA) is 58.4 Å². The fraction of sp³-hybridized carbons (Fsp3) is 0.533. The van der Waals surface area contributed by atoms with E-state index in [9.17, 15) is 4.79 Å². The molecule has 0 unspecified atom stereocenters. The molecule has 110 valence electrons. The molecule has 0 radical (unpaired) electrons. The summed E-state index contributed by atoms with van der Waals surface area (Å²) in [5, 5.41) is 3.95. The Balaban J connectivity index is 2.05. The van der Waals surface area contributed by atoms with Crippen LogP contribution in [0.5, 0.6) is 0 Å². The third-order valence-corrected chi connectivity index (χ3v) is 4.10. The van der Waals surface area contributed by atoms with Gasteiger partial charge in [0.15, 0.2) is 0 Å². The second-order valence-corrected chi connectivity index (χ2v) is 5.70. The van der Waals surface area contributed by atoms with Gasteiger partial charge in [-0.1, -0.05) is 18.5 Å². The van der Waals surface area contributed by atoms with Crippen LogP contribution in [0.3, 0.4) is 0 Å². The Morgan fingerprint density at radius 1 is 1.45 bits per heavy atom. The number of nitrogens with zero attached hydrogens (tertiary/aromatic N) is 1. The maximum Gasteiger partial charge on any atom is 0.250 e. The number of rotatable bonds is 5. The molecule has 3 N–H and O–H groups in total. The summed E-state index contributed by atoms with van der Waals surface area (Å²) in [5.41, 5.74) is 6.87. The number of amides is 1. The molecule has 0 atom stereocenters. The standard InChI is InChI=1S/C15H22ClN3O/c1-2-18-10-11-5-7-19(8-6-11)14-4-3-12(16)9-13(14)15(17)20/h3-4,9,11,18H,2,5-8,10H2,1H3,(H2,17,20). The van der Waals surface area contributed by atoms with Crippen LogP contribution in [-0.4, -0.2) is 32.1 Å². The van der Waals surface area contributed by atoms with Gasteiger partial charge < -0.3 is 16.0 Å². The lowest BCUT2D eigenvalue weighted by molar-refractivity contribution is 0.100. The lowest BCUT2D eigenvalue weighted by atomic mass is 9.95. The fourth-order valence-electron chi connectivity index (χ4n) is 2.71. The lowest BCUT2D eigenvalue weighted by Crippen LogP contribution is -2.38. The minimum Gasteiger partial charge on any atom is -0.371 e. The summed E-state index contributed by atoms with van der Waals surface area (Å²) in [6.45, 7) is 6.13. The minimum absolute atomic E-state index is 0.419. The molecule has 4 nitrogen and oxygen atoms in total. The van der Waals surface area contributed by atoms with E-state index in [0.717, 1.165) is 50.6 Å². The molecule has 0 spiro atoms. The maximum atomic E-state index is 11.5. The highest BCUT2D eigenvalue weighted by Gasteiger charge is 2.22. The van der Waals surface area contributed by atoms with E-state index in [2.05, 4.69) is 17.1 Å². The second-order valence-electron chi connectivity index (χ2n) is 5.26. The number of carbonyl (C=O) groups is 1. The van der Waals surface area contributed by atoms with E-state index in [1.165, 1.54) is 0 Å². The lowest BCUT2D eigenvalue weighted by Gasteiger charge is -2.34. The van der Waals surface area contributed by atoms with Crippen molar-refractivity contribution in [3.05, 3.63) is 28.8 Å². The number of anilines is 1. The molecule has 1 fully saturated rings. The SMILES string of the molecule is CCNCC1CCN(c2ccc(Cl)cc2C(N)=O)CC1. The Morgan fingerprint density at radius 3 is 2.75 bits per heavy atom. The number of benzene rings is 1. The number of hydrogen-bond acceptors (Lipinski definition) is 3. The number of nitrogens with one attached hydrogen (secondary N) is 1. The first-order chi connectivity index (χ1) is 9.61. The quantitative estimate of drug-likeness (QED) is 0.876. The molecule has 1 aromatic carbocycles. The third-order valence-electron chi connectivity index (χ3n) is 3.86. The molecular formula is C15H22ClN3O. The molecule has 0 saturated carbocycles. The molecule has 0 aliphatic carbocycles. The smallest absolute Gasteiger partial charge is 0.250 e. The van der Waals surface area contributed by atoms with E-state index in [0.29, 0.717) is 10.6 Å². The van der Waals surface area contributed by atoms with Crippen molar-refractivity contribution in [1.82, 2.24) is 5.32 Å². The largest absolute Gasteiger partial charge is 0.371 e. The van der Waals surface area contributed by atoms with Crippen molar-refractivity contribution in [2.45, 2.75) is 19.8 Å². The van der Waals surface area contributed by atoms with Crippen molar-refractivity contribution in [3.63, 3.8) is 0 Å². The molecule has 5 heteroatoms. The maximum absolute atomic E-state index is 11.5. The predicted octanol–water partition coefficient (Wildman–Crippen LogP) is 2.26. The van der Waals surface area contributed by atoms with Crippen LogP contribution in [0.4, 0.5) is 5.69 Å². The highest BCUT2D eigenvalue weighted by molar-refractivity contribution is 6.31. The summed E-state index contributed by atoms with van der Waals surface area (Å²) >= 11 is 5.95. The van der Waals surface area contributed by atoms with Gasteiger partial charge in [-0.25, -0.2) is 0 Å². The summed E-state index contributed by atoms with van der Waals surface area (Å²) in [6.07, 6.45) is 2.27. The van der Waals surface area contributed by atoms with E-state index in [1.807, 2.05) is 12.1 Å². The Bertz CT molecular complexity index is 470.